The number of hydrogen-bond acceptors (Lipinski definition) is 5. The van der Waals surface area contributed by atoms with E-state index in [1.165, 1.54) is 0 Å². The lowest BCUT2D eigenvalue weighted by Gasteiger charge is -2.22. The molecule has 1 aliphatic heterocycles. The smallest absolute Gasteiger partial charge is 0.272 e. The molecular formula is C20H23N3O4. The molecule has 1 saturated heterocycles. The Bertz CT molecular complexity index is 810. The first kappa shape index (κ1) is 18.7. The lowest BCUT2D eigenvalue weighted by Crippen LogP contribution is -2.37. The van der Waals surface area contributed by atoms with Crippen LogP contribution >= 0.6 is 0 Å². The molecule has 1 aromatic carbocycles. The summed E-state index contributed by atoms with van der Waals surface area (Å²) in [7, 11) is 3.10. The summed E-state index contributed by atoms with van der Waals surface area (Å²) in [6.45, 7) is 2.16. The monoisotopic (exact) mass is 369 g/mol. The molecule has 3 rings (SSSR count). The summed E-state index contributed by atoms with van der Waals surface area (Å²) < 4.78 is 10.5. The summed E-state index contributed by atoms with van der Waals surface area (Å²) in [4.78, 5) is 33.1. The third-order valence-electron chi connectivity index (χ3n) is 4.58. The molecule has 1 aliphatic rings. The zero-order valence-electron chi connectivity index (χ0n) is 15.6. The molecule has 2 heterocycles. The molecule has 0 aliphatic carbocycles. The number of nitrogens with zero attached hydrogens (tertiary/aromatic N) is 3. The SMILES string of the molecule is COc1ccc(C(=O)N2CCCN(C(=O)c3ccccn3)CC2)cc1OC. The van der Waals surface area contributed by atoms with Crippen LogP contribution in [0.1, 0.15) is 27.3 Å². The summed E-state index contributed by atoms with van der Waals surface area (Å²) >= 11 is 0. The van der Waals surface area contributed by atoms with E-state index in [0.29, 0.717) is 48.9 Å². The van der Waals surface area contributed by atoms with Gasteiger partial charge in [0.25, 0.3) is 11.8 Å². The van der Waals surface area contributed by atoms with Gasteiger partial charge in [-0.25, -0.2) is 0 Å². The summed E-state index contributed by atoms with van der Waals surface area (Å²) in [6.07, 6.45) is 2.33. The van der Waals surface area contributed by atoms with Crippen LogP contribution in [0.5, 0.6) is 11.5 Å². The lowest BCUT2D eigenvalue weighted by atomic mass is 10.1. The number of hydrogen-bond donors (Lipinski definition) is 0. The fourth-order valence-corrected chi connectivity index (χ4v) is 3.13. The minimum Gasteiger partial charge on any atom is -0.493 e. The van der Waals surface area contributed by atoms with Gasteiger partial charge in [0.15, 0.2) is 11.5 Å². The highest BCUT2D eigenvalue weighted by molar-refractivity contribution is 5.95. The third kappa shape index (κ3) is 4.19. The Balaban J connectivity index is 1.69. The molecule has 0 unspecified atom stereocenters. The summed E-state index contributed by atoms with van der Waals surface area (Å²) in [5.41, 5.74) is 0.967. The van der Waals surface area contributed by atoms with Gasteiger partial charge in [0.05, 0.1) is 14.2 Å². The Morgan fingerprint density at radius 3 is 2.22 bits per heavy atom. The fourth-order valence-electron chi connectivity index (χ4n) is 3.13. The molecule has 142 valence electrons. The van der Waals surface area contributed by atoms with Crippen LogP contribution in [-0.2, 0) is 0 Å². The first-order valence-electron chi connectivity index (χ1n) is 8.85. The predicted molar refractivity (Wildman–Crippen MR) is 100 cm³/mol. The van der Waals surface area contributed by atoms with Gasteiger partial charge in [-0.05, 0) is 36.8 Å². The topological polar surface area (TPSA) is 72.0 Å². The van der Waals surface area contributed by atoms with Crippen LogP contribution in [0.25, 0.3) is 0 Å². The maximum absolute atomic E-state index is 12.9. The fraction of sp³-hybridized carbons (Fsp3) is 0.350. The largest absolute Gasteiger partial charge is 0.493 e. The maximum atomic E-state index is 12.9. The second kappa shape index (κ2) is 8.53. The average molecular weight is 369 g/mol. The predicted octanol–water partition coefficient (Wildman–Crippen LogP) is 2.09. The standard InChI is InChI=1S/C20H23N3O4/c1-26-17-8-7-15(14-18(17)27-2)19(24)22-10-5-11-23(13-12-22)20(25)16-6-3-4-9-21-16/h3-4,6-9,14H,5,10-13H2,1-2H3. The van der Waals surface area contributed by atoms with Crippen LogP contribution < -0.4 is 9.47 Å². The molecule has 27 heavy (non-hydrogen) atoms. The molecule has 7 heteroatoms. The van der Waals surface area contributed by atoms with Gasteiger partial charge >= 0.3 is 0 Å². The molecule has 1 fully saturated rings. The van der Waals surface area contributed by atoms with Gasteiger partial charge in [-0.3, -0.25) is 14.6 Å². The van der Waals surface area contributed by atoms with Crippen molar-refractivity contribution in [1.29, 1.82) is 0 Å². The van der Waals surface area contributed by atoms with Crippen LogP contribution in [0.3, 0.4) is 0 Å². The van der Waals surface area contributed by atoms with E-state index in [4.69, 9.17) is 9.47 Å². The molecule has 0 N–H and O–H groups in total. The molecule has 7 nitrogen and oxygen atoms in total. The molecule has 0 saturated carbocycles. The molecule has 0 bridgehead atoms. The Morgan fingerprint density at radius 2 is 1.59 bits per heavy atom. The van der Waals surface area contributed by atoms with Crippen molar-refractivity contribution in [2.75, 3.05) is 40.4 Å². The average Bonchev–Trinajstić information content (AvgIpc) is 2.99. The van der Waals surface area contributed by atoms with Gasteiger partial charge in [-0.15, -0.1) is 0 Å². The van der Waals surface area contributed by atoms with Gasteiger partial charge in [-0.2, -0.15) is 0 Å². The minimum atomic E-state index is -0.101. The molecule has 1 aromatic heterocycles. The Hall–Kier alpha value is -3.09. The number of methoxy groups -OCH3 is 2. The van der Waals surface area contributed by atoms with Crippen LogP contribution in [0.2, 0.25) is 0 Å². The van der Waals surface area contributed by atoms with Crippen molar-refractivity contribution in [1.82, 2.24) is 14.8 Å². The summed E-state index contributed by atoms with van der Waals surface area (Å²) in [5.74, 6) is 0.918. The van der Waals surface area contributed by atoms with Crippen molar-refractivity contribution < 1.29 is 19.1 Å². The number of benzene rings is 1. The molecule has 0 atom stereocenters. The zero-order valence-corrected chi connectivity index (χ0v) is 15.6. The number of aromatic nitrogens is 1. The summed E-state index contributed by atoms with van der Waals surface area (Å²) in [5, 5.41) is 0. The quantitative estimate of drug-likeness (QED) is 0.825. The van der Waals surface area contributed by atoms with Gasteiger partial charge in [-0.1, -0.05) is 6.07 Å². The second-order valence-electron chi connectivity index (χ2n) is 6.22. The van der Waals surface area contributed by atoms with Gasteiger partial charge in [0.2, 0.25) is 0 Å². The number of pyridine rings is 1. The van der Waals surface area contributed by atoms with Gasteiger partial charge in [0, 0.05) is 37.9 Å². The number of rotatable bonds is 4. The van der Waals surface area contributed by atoms with Crippen LogP contribution in [0, 0.1) is 0 Å². The molecular weight excluding hydrogens is 346 g/mol. The van der Waals surface area contributed by atoms with E-state index in [9.17, 15) is 9.59 Å². The van der Waals surface area contributed by atoms with Crippen LogP contribution in [-0.4, -0.2) is 67.0 Å². The first-order valence-corrected chi connectivity index (χ1v) is 8.85. The van der Waals surface area contributed by atoms with Crippen molar-refractivity contribution in [3.05, 3.63) is 53.9 Å². The van der Waals surface area contributed by atoms with E-state index in [2.05, 4.69) is 4.98 Å². The van der Waals surface area contributed by atoms with E-state index in [1.807, 2.05) is 0 Å². The van der Waals surface area contributed by atoms with Gasteiger partial charge < -0.3 is 19.3 Å². The Labute approximate surface area is 158 Å². The number of carbonyl (C=O) groups is 2. The molecule has 2 amide bonds. The number of amides is 2. The van der Waals surface area contributed by atoms with E-state index < -0.39 is 0 Å². The number of carbonyl (C=O) groups excluding carboxylic acids is 2. The summed E-state index contributed by atoms with van der Waals surface area (Å²) in [6, 6.07) is 10.4. The molecule has 2 aromatic rings. The highest BCUT2D eigenvalue weighted by Gasteiger charge is 2.24. The molecule has 0 radical (unpaired) electrons. The third-order valence-corrected chi connectivity index (χ3v) is 4.58. The molecule has 0 spiro atoms. The minimum absolute atomic E-state index is 0.0805. The van der Waals surface area contributed by atoms with Crippen molar-refractivity contribution in [2.45, 2.75) is 6.42 Å². The Kier molecular flexibility index (Phi) is 5.90. The van der Waals surface area contributed by atoms with Crippen molar-refractivity contribution in [3.63, 3.8) is 0 Å². The normalized spacial score (nSPS) is 14.4. The van der Waals surface area contributed by atoms with E-state index in [-0.39, 0.29) is 11.8 Å². The number of ether oxygens (including phenoxy) is 2. The second-order valence-corrected chi connectivity index (χ2v) is 6.22. The first-order chi connectivity index (χ1) is 13.1. The zero-order chi connectivity index (χ0) is 19.2. The van der Waals surface area contributed by atoms with Crippen LogP contribution in [0.15, 0.2) is 42.6 Å². The highest BCUT2D eigenvalue weighted by Crippen LogP contribution is 2.28. The van der Waals surface area contributed by atoms with Crippen LogP contribution in [0.4, 0.5) is 0 Å². The van der Waals surface area contributed by atoms with Crippen molar-refractivity contribution in [2.24, 2.45) is 0 Å². The van der Waals surface area contributed by atoms with Gasteiger partial charge in [0.1, 0.15) is 5.69 Å². The maximum Gasteiger partial charge on any atom is 0.272 e. The van der Waals surface area contributed by atoms with Crippen molar-refractivity contribution >= 4 is 11.8 Å². The van der Waals surface area contributed by atoms with E-state index >= 15 is 0 Å². The van der Waals surface area contributed by atoms with E-state index in [0.717, 1.165) is 6.42 Å². The lowest BCUT2D eigenvalue weighted by molar-refractivity contribution is 0.0715. The Morgan fingerprint density at radius 1 is 0.889 bits per heavy atom. The van der Waals surface area contributed by atoms with E-state index in [1.54, 1.807) is 66.6 Å². The highest BCUT2D eigenvalue weighted by atomic mass is 16.5. The van der Waals surface area contributed by atoms with Crippen molar-refractivity contribution in [3.8, 4) is 11.5 Å².